The summed E-state index contributed by atoms with van der Waals surface area (Å²) in [5.74, 6) is 0.328. The molecule has 9 heteroatoms. The Morgan fingerprint density at radius 2 is 1.97 bits per heavy atom. The first-order valence-corrected chi connectivity index (χ1v) is 10.6. The molecule has 3 aromatic heterocycles. The van der Waals surface area contributed by atoms with Crippen LogP contribution < -0.4 is 5.32 Å². The summed E-state index contributed by atoms with van der Waals surface area (Å²) in [6.07, 6.45) is 3.40. The van der Waals surface area contributed by atoms with Crippen LogP contribution in [0, 0.1) is 12.7 Å². The lowest BCUT2D eigenvalue weighted by molar-refractivity contribution is 0.102. The number of nitrogens with one attached hydrogen (secondary N) is 1. The fourth-order valence-electron chi connectivity index (χ4n) is 2.72. The highest BCUT2D eigenvalue weighted by atomic mass is 32.2. The van der Waals surface area contributed by atoms with E-state index in [1.807, 2.05) is 11.6 Å². The SMILES string of the molecule is CSc1nc(-c2ccco2)nc(C)c1C(=O)Nc1nc(-c2ccc(F)cc2)cs1. The van der Waals surface area contributed by atoms with Crippen molar-refractivity contribution in [2.24, 2.45) is 0 Å². The second kappa shape index (κ2) is 8.14. The van der Waals surface area contributed by atoms with Gasteiger partial charge in [0.2, 0.25) is 0 Å². The van der Waals surface area contributed by atoms with Crippen molar-refractivity contribution in [1.82, 2.24) is 15.0 Å². The van der Waals surface area contributed by atoms with E-state index in [4.69, 9.17) is 4.42 Å². The summed E-state index contributed by atoms with van der Waals surface area (Å²) >= 11 is 2.65. The Bertz CT molecular complexity index is 1160. The van der Waals surface area contributed by atoms with Gasteiger partial charge in [-0.2, -0.15) is 0 Å². The van der Waals surface area contributed by atoms with Gasteiger partial charge in [0.1, 0.15) is 10.8 Å². The predicted octanol–water partition coefficient (Wildman–Crippen LogP) is 5.28. The minimum atomic E-state index is -0.335. The van der Waals surface area contributed by atoms with E-state index in [1.54, 1.807) is 37.5 Å². The average Bonchev–Trinajstić information content (AvgIpc) is 3.40. The second-order valence-corrected chi connectivity index (χ2v) is 7.65. The van der Waals surface area contributed by atoms with Crippen LogP contribution >= 0.6 is 23.1 Å². The van der Waals surface area contributed by atoms with Gasteiger partial charge < -0.3 is 4.42 Å². The third-order valence-corrected chi connectivity index (χ3v) is 5.52. The number of hydrogen-bond donors (Lipinski definition) is 1. The van der Waals surface area contributed by atoms with E-state index in [2.05, 4.69) is 20.3 Å². The van der Waals surface area contributed by atoms with E-state index >= 15 is 0 Å². The average molecular weight is 426 g/mol. The van der Waals surface area contributed by atoms with Gasteiger partial charge in [0.15, 0.2) is 16.7 Å². The maximum Gasteiger partial charge on any atom is 0.262 e. The summed E-state index contributed by atoms with van der Waals surface area (Å²) in [5, 5.41) is 5.61. The van der Waals surface area contributed by atoms with Crippen molar-refractivity contribution < 1.29 is 13.6 Å². The smallest absolute Gasteiger partial charge is 0.262 e. The lowest BCUT2D eigenvalue weighted by Crippen LogP contribution is -2.16. The number of halogens is 1. The van der Waals surface area contributed by atoms with E-state index in [1.165, 1.54) is 35.2 Å². The molecular formula is C20H15FN4O2S2. The van der Waals surface area contributed by atoms with Crippen LogP contribution in [0.3, 0.4) is 0 Å². The Labute approximate surface area is 174 Å². The molecule has 0 atom stereocenters. The monoisotopic (exact) mass is 426 g/mol. The molecule has 1 amide bonds. The van der Waals surface area contributed by atoms with Crippen molar-refractivity contribution in [1.29, 1.82) is 0 Å². The first-order valence-electron chi connectivity index (χ1n) is 8.54. The molecule has 0 aliphatic heterocycles. The van der Waals surface area contributed by atoms with Crippen LogP contribution in [-0.2, 0) is 0 Å². The maximum atomic E-state index is 13.1. The standard InChI is InChI=1S/C20H15FN4O2S2/c1-11-16(19(28-2)24-17(22-11)15-4-3-9-27-15)18(26)25-20-23-14(10-29-20)12-5-7-13(21)8-6-12/h3-10H,1-2H3,(H,23,25,26). The Morgan fingerprint density at radius 3 is 2.66 bits per heavy atom. The number of carbonyl (C=O) groups is 1. The van der Waals surface area contributed by atoms with Crippen LogP contribution in [0.4, 0.5) is 9.52 Å². The number of hydrogen-bond acceptors (Lipinski definition) is 7. The number of thiazole rings is 1. The minimum absolute atomic E-state index is 0.310. The molecule has 0 saturated heterocycles. The van der Waals surface area contributed by atoms with Crippen molar-refractivity contribution in [3.63, 3.8) is 0 Å². The largest absolute Gasteiger partial charge is 0.461 e. The van der Waals surface area contributed by atoms with Gasteiger partial charge >= 0.3 is 0 Å². The number of carbonyl (C=O) groups excluding carboxylic acids is 1. The molecule has 1 aromatic carbocycles. The summed E-state index contributed by atoms with van der Waals surface area (Å²) in [4.78, 5) is 26.2. The van der Waals surface area contributed by atoms with Crippen molar-refractivity contribution in [3.8, 4) is 22.8 Å². The number of amides is 1. The fraction of sp³-hybridized carbons (Fsp3) is 0.100. The third-order valence-electron chi connectivity index (χ3n) is 4.08. The summed E-state index contributed by atoms with van der Waals surface area (Å²) in [6.45, 7) is 1.76. The number of furan rings is 1. The van der Waals surface area contributed by atoms with Crippen LogP contribution in [-0.4, -0.2) is 27.1 Å². The molecule has 4 rings (SSSR count). The Kier molecular flexibility index (Phi) is 5.41. The van der Waals surface area contributed by atoms with E-state index < -0.39 is 0 Å². The summed E-state index contributed by atoms with van der Waals surface area (Å²) in [5.41, 5.74) is 2.38. The summed E-state index contributed by atoms with van der Waals surface area (Å²) in [7, 11) is 0. The van der Waals surface area contributed by atoms with Gasteiger partial charge in [-0.25, -0.2) is 19.3 Å². The van der Waals surface area contributed by atoms with Crippen LogP contribution in [0.1, 0.15) is 16.1 Å². The second-order valence-electron chi connectivity index (χ2n) is 5.99. The molecule has 146 valence electrons. The molecular weight excluding hydrogens is 411 g/mol. The van der Waals surface area contributed by atoms with Gasteiger partial charge in [0.05, 0.1) is 23.2 Å². The summed E-state index contributed by atoms with van der Waals surface area (Å²) < 4.78 is 18.5. The highest BCUT2D eigenvalue weighted by Crippen LogP contribution is 2.28. The maximum absolute atomic E-state index is 13.1. The first kappa shape index (κ1) is 19.3. The van der Waals surface area contributed by atoms with Crippen LogP contribution in [0.2, 0.25) is 0 Å². The van der Waals surface area contributed by atoms with Gasteiger partial charge in [0, 0.05) is 10.9 Å². The van der Waals surface area contributed by atoms with E-state index in [0.29, 0.717) is 38.7 Å². The van der Waals surface area contributed by atoms with Gasteiger partial charge in [-0.3, -0.25) is 10.1 Å². The zero-order chi connectivity index (χ0) is 20.4. The molecule has 0 fully saturated rings. The highest BCUT2D eigenvalue weighted by Gasteiger charge is 2.21. The van der Waals surface area contributed by atoms with Crippen molar-refractivity contribution in [2.75, 3.05) is 11.6 Å². The highest BCUT2D eigenvalue weighted by molar-refractivity contribution is 7.98. The molecule has 6 nitrogen and oxygen atoms in total. The Hall–Kier alpha value is -3.04. The number of aryl methyl sites for hydroxylation is 1. The normalized spacial score (nSPS) is 10.9. The molecule has 0 saturated carbocycles. The summed E-state index contributed by atoms with van der Waals surface area (Å²) in [6, 6.07) is 9.57. The Balaban J connectivity index is 1.59. The lowest BCUT2D eigenvalue weighted by atomic mass is 10.2. The van der Waals surface area contributed by atoms with E-state index in [-0.39, 0.29) is 11.7 Å². The molecule has 0 spiro atoms. The Morgan fingerprint density at radius 1 is 1.17 bits per heavy atom. The minimum Gasteiger partial charge on any atom is -0.461 e. The predicted molar refractivity (Wildman–Crippen MR) is 112 cm³/mol. The molecule has 0 bridgehead atoms. The van der Waals surface area contributed by atoms with Gasteiger partial charge in [0.25, 0.3) is 5.91 Å². The van der Waals surface area contributed by atoms with Crippen molar-refractivity contribution in [3.05, 3.63) is 65.1 Å². The number of anilines is 1. The number of thioether (sulfide) groups is 1. The number of aromatic nitrogens is 3. The number of rotatable bonds is 5. The zero-order valence-corrected chi connectivity index (χ0v) is 17.1. The van der Waals surface area contributed by atoms with Crippen molar-refractivity contribution >= 4 is 34.1 Å². The molecule has 0 radical (unpaired) electrons. The van der Waals surface area contributed by atoms with Gasteiger partial charge in [-0.1, -0.05) is 0 Å². The van der Waals surface area contributed by atoms with Gasteiger partial charge in [-0.15, -0.1) is 23.1 Å². The van der Waals surface area contributed by atoms with Crippen molar-refractivity contribution in [2.45, 2.75) is 11.9 Å². The number of nitrogens with zero attached hydrogens (tertiary/aromatic N) is 3. The fourth-order valence-corrected chi connectivity index (χ4v) is 4.05. The molecule has 0 aliphatic carbocycles. The topological polar surface area (TPSA) is 80.9 Å². The quantitative estimate of drug-likeness (QED) is 0.345. The molecule has 1 N–H and O–H groups in total. The third kappa shape index (κ3) is 4.06. The van der Waals surface area contributed by atoms with E-state index in [9.17, 15) is 9.18 Å². The molecule has 0 unspecified atom stereocenters. The molecule has 4 aromatic rings. The molecule has 29 heavy (non-hydrogen) atoms. The van der Waals surface area contributed by atoms with Gasteiger partial charge in [-0.05, 0) is 49.6 Å². The first-order chi connectivity index (χ1) is 14.0. The van der Waals surface area contributed by atoms with Crippen LogP contribution in [0.25, 0.3) is 22.8 Å². The zero-order valence-electron chi connectivity index (χ0n) is 15.5. The van der Waals surface area contributed by atoms with E-state index in [0.717, 1.165) is 5.56 Å². The molecule has 3 heterocycles. The lowest BCUT2D eigenvalue weighted by Gasteiger charge is -2.10. The van der Waals surface area contributed by atoms with Crippen LogP contribution in [0.15, 0.2) is 57.5 Å². The number of benzene rings is 1. The van der Waals surface area contributed by atoms with Crippen LogP contribution in [0.5, 0.6) is 0 Å². The molecule has 0 aliphatic rings.